The van der Waals surface area contributed by atoms with Crippen LogP contribution in [-0.4, -0.2) is 37.3 Å². The van der Waals surface area contributed by atoms with E-state index in [1.54, 1.807) is 35.7 Å². The molecule has 0 saturated carbocycles. The van der Waals surface area contributed by atoms with Gasteiger partial charge in [0.25, 0.3) is 15.9 Å². The van der Waals surface area contributed by atoms with Crippen molar-refractivity contribution in [1.82, 2.24) is 9.88 Å². The first-order valence-electron chi connectivity index (χ1n) is 8.98. The zero-order valence-electron chi connectivity index (χ0n) is 15.5. The standard InChI is InChI=1S/C19H18ClN3O3S3/c1-12-17(19(24)23-8-4-5-9-23)28-18(21-12)13-10-16(27-11-13)29(25,26)22-15-7-3-2-6-14(15)20/h2-3,6-7,10-11,22H,4-5,8-9H2,1H3. The number of carbonyl (C=O) groups excluding carboxylic acids is 1. The number of halogens is 1. The second-order valence-electron chi connectivity index (χ2n) is 6.67. The van der Waals surface area contributed by atoms with Crippen molar-refractivity contribution >= 4 is 55.9 Å². The summed E-state index contributed by atoms with van der Waals surface area (Å²) in [4.78, 5) is 19.7. The van der Waals surface area contributed by atoms with Crippen molar-refractivity contribution < 1.29 is 13.2 Å². The van der Waals surface area contributed by atoms with Gasteiger partial charge in [-0.1, -0.05) is 23.7 Å². The molecule has 0 radical (unpaired) electrons. The highest BCUT2D eigenvalue weighted by molar-refractivity contribution is 7.94. The van der Waals surface area contributed by atoms with Crippen LogP contribution in [0.3, 0.4) is 0 Å². The Labute approximate surface area is 182 Å². The number of carbonyl (C=O) groups is 1. The van der Waals surface area contributed by atoms with Gasteiger partial charge >= 0.3 is 0 Å². The Balaban J connectivity index is 1.58. The molecule has 6 nitrogen and oxygen atoms in total. The molecule has 0 unspecified atom stereocenters. The molecule has 1 N–H and O–H groups in total. The molecule has 3 heterocycles. The molecule has 0 atom stereocenters. The fourth-order valence-electron chi connectivity index (χ4n) is 3.09. The Morgan fingerprint density at radius 1 is 1.24 bits per heavy atom. The van der Waals surface area contributed by atoms with E-state index >= 15 is 0 Å². The number of benzene rings is 1. The summed E-state index contributed by atoms with van der Waals surface area (Å²) >= 11 is 8.46. The van der Waals surface area contributed by atoms with E-state index in [1.807, 2.05) is 11.8 Å². The van der Waals surface area contributed by atoms with Crippen molar-refractivity contribution in [3.8, 4) is 10.6 Å². The van der Waals surface area contributed by atoms with Crippen LogP contribution in [0, 0.1) is 6.92 Å². The van der Waals surface area contributed by atoms with Gasteiger partial charge in [-0.15, -0.1) is 22.7 Å². The van der Waals surface area contributed by atoms with Gasteiger partial charge < -0.3 is 4.90 Å². The third-order valence-corrected chi connectivity index (χ3v) is 8.92. The minimum Gasteiger partial charge on any atom is -0.338 e. The maximum absolute atomic E-state index is 12.7. The van der Waals surface area contributed by atoms with E-state index in [0.717, 1.165) is 37.3 Å². The van der Waals surface area contributed by atoms with Gasteiger partial charge in [0.05, 0.1) is 16.4 Å². The molecule has 0 aliphatic carbocycles. The van der Waals surface area contributed by atoms with Crippen molar-refractivity contribution in [2.45, 2.75) is 24.0 Å². The number of aromatic nitrogens is 1. The SMILES string of the molecule is Cc1nc(-c2csc(S(=O)(=O)Nc3ccccc3Cl)c2)sc1C(=O)N1CCCC1. The largest absolute Gasteiger partial charge is 0.338 e. The number of anilines is 1. The second-order valence-corrected chi connectivity index (χ2v) is 10.9. The Bertz CT molecular complexity index is 1160. The summed E-state index contributed by atoms with van der Waals surface area (Å²) in [6.45, 7) is 3.37. The fraction of sp³-hybridized carbons (Fsp3) is 0.263. The molecule has 1 aliphatic rings. The van der Waals surface area contributed by atoms with Crippen molar-refractivity contribution in [1.29, 1.82) is 0 Å². The predicted molar refractivity (Wildman–Crippen MR) is 118 cm³/mol. The molecule has 3 aromatic rings. The number of amides is 1. The normalized spacial score (nSPS) is 14.3. The Morgan fingerprint density at radius 3 is 2.69 bits per heavy atom. The number of sulfonamides is 1. The number of aryl methyl sites for hydroxylation is 1. The lowest BCUT2D eigenvalue weighted by Crippen LogP contribution is -2.27. The highest BCUT2D eigenvalue weighted by Crippen LogP contribution is 2.35. The average molecular weight is 468 g/mol. The molecule has 2 aromatic heterocycles. The number of rotatable bonds is 5. The summed E-state index contributed by atoms with van der Waals surface area (Å²) in [5.74, 6) is 0.00668. The minimum absolute atomic E-state index is 0.00668. The van der Waals surface area contributed by atoms with Crippen LogP contribution in [0.4, 0.5) is 5.69 Å². The number of thiazole rings is 1. The highest BCUT2D eigenvalue weighted by atomic mass is 35.5. The molecule has 1 fully saturated rings. The molecule has 152 valence electrons. The summed E-state index contributed by atoms with van der Waals surface area (Å²) in [5, 5.41) is 2.71. The lowest BCUT2D eigenvalue weighted by atomic mass is 10.3. The number of hydrogen-bond acceptors (Lipinski definition) is 6. The van der Waals surface area contributed by atoms with E-state index in [4.69, 9.17) is 11.6 Å². The van der Waals surface area contributed by atoms with Crippen molar-refractivity contribution in [2.24, 2.45) is 0 Å². The molecule has 1 aliphatic heterocycles. The number of hydrogen-bond donors (Lipinski definition) is 1. The Morgan fingerprint density at radius 2 is 1.97 bits per heavy atom. The van der Waals surface area contributed by atoms with Crippen LogP contribution in [0.1, 0.15) is 28.2 Å². The Hall–Kier alpha value is -1.94. The van der Waals surface area contributed by atoms with E-state index < -0.39 is 10.0 Å². The van der Waals surface area contributed by atoms with Gasteiger partial charge in [0.15, 0.2) is 0 Å². The quantitative estimate of drug-likeness (QED) is 0.580. The zero-order chi connectivity index (χ0) is 20.6. The van der Waals surface area contributed by atoms with E-state index in [1.165, 1.54) is 11.3 Å². The molecule has 1 aromatic carbocycles. The maximum atomic E-state index is 12.7. The summed E-state index contributed by atoms with van der Waals surface area (Å²) in [5.41, 5.74) is 1.68. The van der Waals surface area contributed by atoms with Gasteiger partial charge in [-0.05, 0) is 38.0 Å². The number of thiophene rings is 1. The van der Waals surface area contributed by atoms with Crippen LogP contribution in [0.2, 0.25) is 5.02 Å². The van der Waals surface area contributed by atoms with Gasteiger partial charge in [0.2, 0.25) is 0 Å². The second kappa shape index (κ2) is 8.06. The van der Waals surface area contributed by atoms with Crippen molar-refractivity contribution in [3.63, 3.8) is 0 Å². The molecule has 0 bridgehead atoms. The van der Waals surface area contributed by atoms with Crippen LogP contribution < -0.4 is 4.72 Å². The van der Waals surface area contributed by atoms with E-state index in [2.05, 4.69) is 9.71 Å². The first-order chi connectivity index (χ1) is 13.8. The molecule has 10 heteroatoms. The molecular weight excluding hydrogens is 450 g/mol. The molecular formula is C19H18ClN3O3S3. The van der Waals surface area contributed by atoms with Crippen LogP contribution in [0.15, 0.2) is 39.9 Å². The third kappa shape index (κ3) is 4.18. The third-order valence-electron chi connectivity index (χ3n) is 4.59. The van der Waals surface area contributed by atoms with Crippen LogP contribution >= 0.6 is 34.3 Å². The lowest BCUT2D eigenvalue weighted by Gasteiger charge is -2.13. The number of likely N-dealkylation sites (tertiary alicyclic amines) is 1. The molecule has 1 amide bonds. The smallest absolute Gasteiger partial charge is 0.271 e. The molecule has 1 saturated heterocycles. The van der Waals surface area contributed by atoms with Crippen molar-refractivity contribution in [2.75, 3.05) is 17.8 Å². The van der Waals surface area contributed by atoms with Crippen LogP contribution in [0.5, 0.6) is 0 Å². The number of nitrogens with one attached hydrogen (secondary N) is 1. The molecule has 29 heavy (non-hydrogen) atoms. The van der Waals surface area contributed by atoms with Gasteiger partial charge in [-0.25, -0.2) is 13.4 Å². The first kappa shape index (κ1) is 20.3. The summed E-state index contributed by atoms with van der Waals surface area (Å²) in [6, 6.07) is 8.24. The fourth-order valence-corrected chi connectivity index (χ4v) is 6.67. The number of nitrogens with zero attached hydrogens (tertiary/aromatic N) is 2. The van der Waals surface area contributed by atoms with Crippen molar-refractivity contribution in [3.05, 3.63) is 51.3 Å². The first-order valence-corrected chi connectivity index (χ1v) is 12.5. The van der Waals surface area contributed by atoms with E-state index in [9.17, 15) is 13.2 Å². The summed E-state index contributed by atoms with van der Waals surface area (Å²) in [7, 11) is -3.77. The monoisotopic (exact) mass is 467 g/mol. The van der Waals surface area contributed by atoms with E-state index in [0.29, 0.717) is 31.9 Å². The van der Waals surface area contributed by atoms with Gasteiger partial charge in [-0.2, -0.15) is 0 Å². The predicted octanol–water partition coefficient (Wildman–Crippen LogP) is 4.87. The van der Waals surface area contributed by atoms with Gasteiger partial charge in [-0.3, -0.25) is 9.52 Å². The maximum Gasteiger partial charge on any atom is 0.271 e. The van der Waals surface area contributed by atoms with Gasteiger partial charge in [0.1, 0.15) is 14.1 Å². The topological polar surface area (TPSA) is 79.4 Å². The zero-order valence-corrected chi connectivity index (χ0v) is 18.7. The van der Waals surface area contributed by atoms with E-state index in [-0.39, 0.29) is 10.1 Å². The number of para-hydroxylation sites is 1. The molecule has 4 rings (SSSR count). The van der Waals surface area contributed by atoms with Crippen LogP contribution in [-0.2, 0) is 10.0 Å². The van der Waals surface area contributed by atoms with Crippen LogP contribution in [0.25, 0.3) is 10.6 Å². The summed E-state index contributed by atoms with van der Waals surface area (Å²) < 4.78 is 28.1. The minimum atomic E-state index is -3.77. The molecule has 0 spiro atoms. The summed E-state index contributed by atoms with van der Waals surface area (Å²) in [6.07, 6.45) is 2.06. The lowest BCUT2D eigenvalue weighted by molar-refractivity contribution is 0.0796. The average Bonchev–Trinajstić information content (AvgIpc) is 3.43. The highest BCUT2D eigenvalue weighted by Gasteiger charge is 2.25. The van der Waals surface area contributed by atoms with Gasteiger partial charge in [0, 0.05) is 24.0 Å². The Kier molecular flexibility index (Phi) is 5.65.